The topological polar surface area (TPSA) is 126 Å². The van der Waals surface area contributed by atoms with E-state index >= 15 is 0 Å². The SMILES string of the molecule is O=C([C@H](O)CO)N1CC=C(c2ccc(N3C[C@H](COc4ccon4)OC3=O)cc2)CC1. The molecule has 0 bridgehead atoms. The number of carbonyl (C=O) groups excluding carboxylic acids is 2. The monoisotopic (exact) mass is 429 g/mol. The fourth-order valence-corrected chi connectivity index (χ4v) is 3.55. The molecule has 2 N–H and O–H groups in total. The van der Waals surface area contributed by atoms with Crippen molar-refractivity contribution in [2.75, 3.05) is 37.7 Å². The van der Waals surface area contributed by atoms with Crippen LogP contribution in [0.3, 0.4) is 0 Å². The van der Waals surface area contributed by atoms with Crippen molar-refractivity contribution in [2.24, 2.45) is 0 Å². The summed E-state index contributed by atoms with van der Waals surface area (Å²) in [5.41, 5.74) is 2.80. The zero-order chi connectivity index (χ0) is 21.8. The van der Waals surface area contributed by atoms with Gasteiger partial charge in [0, 0.05) is 24.8 Å². The number of nitrogens with zero attached hydrogens (tertiary/aromatic N) is 3. The number of carbonyl (C=O) groups is 2. The Kier molecular flexibility index (Phi) is 6.19. The van der Waals surface area contributed by atoms with E-state index in [1.807, 2.05) is 30.3 Å². The molecular formula is C21H23N3O7. The largest absolute Gasteiger partial charge is 0.471 e. The lowest BCUT2D eigenvalue weighted by molar-refractivity contribution is -0.141. The molecule has 0 unspecified atom stereocenters. The molecular weight excluding hydrogens is 406 g/mol. The Morgan fingerprint density at radius 1 is 1.29 bits per heavy atom. The van der Waals surface area contributed by atoms with Gasteiger partial charge >= 0.3 is 6.09 Å². The Morgan fingerprint density at radius 3 is 2.74 bits per heavy atom. The maximum Gasteiger partial charge on any atom is 0.414 e. The smallest absolute Gasteiger partial charge is 0.414 e. The van der Waals surface area contributed by atoms with Crippen molar-refractivity contribution in [2.45, 2.75) is 18.6 Å². The minimum absolute atomic E-state index is 0.180. The molecule has 3 heterocycles. The van der Waals surface area contributed by atoms with E-state index in [0.29, 0.717) is 31.9 Å². The second kappa shape index (κ2) is 9.19. The summed E-state index contributed by atoms with van der Waals surface area (Å²) in [7, 11) is 0. The summed E-state index contributed by atoms with van der Waals surface area (Å²) < 4.78 is 15.5. The van der Waals surface area contributed by atoms with Crippen LogP contribution < -0.4 is 9.64 Å². The number of anilines is 1. The third kappa shape index (κ3) is 4.70. The van der Waals surface area contributed by atoms with Crippen LogP contribution in [0.2, 0.25) is 0 Å². The molecule has 2 aliphatic heterocycles. The Morgan fingerprint density at radius 2 is 2.10 bits per heavy atom. The molecule has 0 saturated carbocycles. The normalized spacial score (nSPS) is 19.7. The van der Waals surface area contributed by atoms with Crippen LogP contribution in [0.15, 0.2) is 47.2 Å². The Bertz CT molecular complexity index is 942. The van der Waals surface area contributed by atoms with Crippen LogP contribution in [-0.2, 0) is 9.53 Å². The maximum atomic E-state index is 12.2. The number of aliphatic hydroxyl groups is 2. The Balaban J connectivity index is 1.34. The first-order valence-electron chi connectivity index (χ1n) is 9.93. The van der Waals surface area contributed by atoms with Gasteiger partial charge in [-0.05, 0) is 34.8 Å². The molecule has 0 spiro atoms. The van der Waals surface area contributed by atoms with Crippen molar-refractivity contribution in [3.05, 3.63) is 48.2 Å². The van der Waals surface area contributed by atoms with Gasteiger partial charge in [0.05, 0.1) is 13.2 Å². The van der Waals surface area contributed by atoms with Crippen LogP contribution in [-0.4, -0.2) is 77.3 Å². The van der Waals surface area contributed by atoms with Crippen LogP contribution in [0, 0.1) is 0 Å². The lowest BCUT2D eigenvalue weighted by Crippen LogP contribution is -2.42. The van der Waals surface area contributed by atoms with E-state index < -0.39 is 30.8 Å². The summed E-state index contributed by atoms with van der Waals surface area (Å²) in [6.45, 7) is 0.802. The predicted molar refractivity (Wildman–Crippen MR) is 108 cm³/mol. The molecule has 1 saturated heterocycles. The molecule has 1 aromatic heterocycles. The molecule has 2 atom stereocenters. The quantitative estimate of drug-likeness (QED) is 0.669. The molecule has 1 aromatic carbocycles. The molecule has 2 aromatic rings. The molecule has 2 amide bonds. The first kappa shape index (κ1) is 20.9. The van der Waals surface area contributed by atoms with Crippen molar-refractivity contribution in [1.29, 1.82) is 0 Å². The minimum atomic E-state index is -1.38. The van der Waals surface area contributed by atoms with Crippen LogP contribution >= 0.6 is 0 Å². The molecule has 1 fully saturated rings. The third-order valence-corrected chi connectivity index (χ3v) is 5.23. The van der Waals surface area contributed by atoms with Gasteiger partial charge in [-0.1, -0.05) is 18.2 Å². The van der Waals surface area contributed by atoms with E-state index in [1.165, 1.54) is 11.2 Å². The van der Waals surface area contributed by atoms with Gasteiger partial charge in [0.25, 0.3) is 11.8 Å². The summed E-state index contributed by atoms with van der Waals surface area (Å²) in [6.07, 6.45) is 1.75. The molecule has 4 rings (SSSR count). The van der Waals surface area contributed by atoms with Gasteiger partial charge in [-0.25, -0.2) is 4.79 Å². The second-order valence-electron chi connectivity index (χ2n) is 7.27. The summed E-state index contributed by atoms with van der Waals surface area (Å²) in [5, 5.41) is 22.1. The zero-order valence-electron chi connectivity index (χ0n) is 16.7. The van der Waals surface area contributed by atoms with Crippen LogP contribution in [0.5, 0.6) is 5.88 Å². The van der Waals surface area contributed by atoms with Crippen LogP contribution in [0.4, 0.5) is 10.5 Å². The first-order chi connectivity index (χ1) is 15.0. The fraction of sp³-hybridized carbons (Fsp3) is 0.381. The van der Waals surface area contributed by atoms with Crippen molar-refractivity contribution in [1.82, 2.24) is 10.1 Å². The lowest BCUT2D eigenvalue weighted by atomic mass is 9.99. The van der Waals surface area contributed by atoms with E-state index in [2.05, 4.69) is 5.16 Å². The van der Waals surface area contributed by atoms with Gasteiger partial charge in [0.1, 0.15) is 12.9 Å². The van der Waals surface area contributed by atoms with Gasteiger partial charge in [0.2, 0.25) is 0 Å². The summed E-state index contributed by atoms with van der Waals surface area (Å²) in [5.74, 6) is -0.131. The van der Waals surface area contributed by atoms with Gasteiger partial charge in [-0.2, -0.15) is 0 Å². The van der Waals surface area contributed by atoms with Crippen molar-refractivity contribution in [3.8, 4) is 5.88 Å². The molecule has 2 aliphatic rings. The Labute approximate surface area is 178 Å². The average Bonchev–Trinajstić information content (AvgIpc) is 3.46. The number of aromatic nitrogens is 1. The summed E-state index contributed by atoms with van der Waals surface area (Å²) in [6, 6.07) is 9.13. The standard InChI is InChI=1S/C21H23N3O7/c25-12-18(26)20(27)23-8-5-15(6-9-23)14-1-3-16(4-2-14)24-11-17(31-21(24)28)13-29-19-7-10-30-22-19/h1-5,7,10,17-18,25-26H,6,8-9,11-13H2/t17-,18-/m1/s1. The highest BCUT2D eigenvalue weighted by Crippen LogP contribution is 2.27. The molecule has 10 heteroatoms. The number of aliphatic hydroxyl groups excluding tert-OH is 2. The number of cyclic esters (lactones) is 1. The number of amides is 2. The van der Waals surface area contributed by atoms with Crippen LogP contribution in [0.25, 0.3) is 5.57 Å². The molecule has 10 nitrogen and oxygen atoms in total. The van der Waals surface area contributed by atoms with Gasteiger partial charge < -0.3 is 29.1 Å². The van der Waals surface area contributed by atoms with E-state index in [0.717, 1.165) is 16.8 Å². The van der Waals surface area contributed by atoms with Crippen molar-refractivity contribution >= 4 is 23.3 Å². The highest BCUT2D eigenvalue weighted by atomic mass is 16.6. The number of ether oxygens (including phenoxy) is 2. The van der Waals surface area contributed by atoms with Gasteiger partial charge in [-0.3, -0.25) is 9.69 Å². The van der Waals surface area contributed by atoms with Crippen molar-refractivity contribution in [3.63, 3.8) is 0 Å². The van der Waals surface area contributed by atoms with E-state index in [9.17, 15) is 14.7 Å². The summed E-state index contributed by atoms with van der Waals surface area (Å²) in [4.78, 5) is 27.3. The van der Waals surface area contributed by atoms with E-state index in [-0.39, 0.29) is 6.61 Å². The lowest BCUT2D eigenvalue weighted by Gasteiger charge is -2.28. The summed E-state index contributed by atoms with van der Waals surface area (Å²) >= 11 is 0. The highest BCUT2D eigenvalue weighted by molar-refractivity contribution is 5.90. The fourth-order valence-electron chi connectivity index (χ4n) is 3.55. The number of benzene rings is 1. The van der Waals surface area contributed by atoms with Crippen LogP contribution in [0.1, 0.15) is 12.0 Å². The number of rotatable bonds is 7. The van der Waals surface area contributed by atoms with E-state index in [4.69, 9.17) is 19.1 Å². The molecule has 0 aliphatic carbocycles. The first-order valence-corrected chi connectivity index (χ1v) is 9.93. The highest BCUT2D eigenvalue weighted by Gasteiger charge is 2.33. The molecule has 31 heavy (non-hydrogen) atoms. The maximum absolute atomic E-state index is 12.2. The minimum Gasteiger partial charge on any atom is -0.471 e. The van der Waals surface area contributed by atoms with E-state index in [1.54, 1.807) is 11.0 Å². The molecule has 0 radical (unpaired) electrons. The number of hydrogen-bond acceptors (Lipinski definition) is 8. The average molecular weight is 429 g/mol. The van der Waals surface area contributed by atoms with Gasteiger partial charge in [0.15, 0.2) is 12.2 Å². The molecule has 164 valence electrons. The zero-order valence-corrected chi connectivity index (χ0v) is 16.7. The van der Waals surface area contributed by atoms with Gasteiger partial charge in [-0.15, -0.1) is 0 Å². The van der Waals surface area contributed by atoms with Crippen molar-refractivity contribution < 1.29 is 33.8 Å². The third-order valence-electron chi connectivity index (χ3n) is 5.23. The second-order valence-corrected chi connectivity index (χ2v) is 7.27. The number of hydrogen-bond donors (Lipinski definition) is 2. The predicted octanol–water partition coefficient (Wildman–Crippen LogP) is 1.05. The Hall–Kier alpha value is -3.37.